The monoisotopic (exact) mass is 412 g/mol. The largest absolute Gasteiger partial charge is 0.478 e. The second kappa shape index (κ2) is 7.27. The van der Waals surface area contributed by atoms with Crippen LogP contribution in [0.2, 0.25) is 0 Å². The number of carboxylic acid groups (broad SMARTS) is 2. The maximum absolute atomic E-state index is 12.9. The first-order valence-corrected chi connectivity index (χ1v) is 10.0. The second-order valence-corrected chi connectivity index (χ2v) is 8.39. The molecule has 0 spiro atoms. The molecule has 4 atom stereocenters. The number of nitrogens with zero attached hydrogens (tertiary/aromatic N) is 2. The van der Waals surface area contributed by atoms with Crippen LogP contribution in [0.3, 0.4) is 0 Å². The smallest absolute Gasteiger partial charge is 0.332 e. The summed E-state index contributed by atoms with van der Waals surface area (Å²) in [5.41, 5.74) is 1.02. The van der Waals surface area contributed by atoms with E-state index in [9.17, 15) is 29.4 Å². The summed E-state index contributed by atoms with van der Waals surface area (Å²) in [5, 5.41) is 19.0. The quantitative estimate of drug-likeness (QED) is 0.605. The molecule has 0 aromatic heterocycles. The van der Waals surface area contributed by atoms with Crippen LogP contribution in [0.1, 0.15) is 12.8 Å². The average molecular weight is 412 g/mol. The lowest BCUT2D eigenvalue weighted by molar-refractivity contribution is -0.134. The third-order valence-corrected chi connectivity index (χ3v) is 6.62. The number of allylic oxidation sites excluding steroid dienone is 4. The lowest BCUT2D eigenvalue weighted by atomic mass is 9.95. The van der Waals surface area contributed by atoms with Gasteiger partial charge in [-0.2, -0.15) is 0 Å². The molecule has 4 aliphatic rings. The Kier molecular flexibility index (Phi) is 4.88. The Morgan fingerprint density at radius 2 is 1.00 bits per heavy atom. The van der Waals surface area contributed by atoms with Crippen molar-refractivity contribution in [2.75, 3.05) is 27.2 Å². The van der Waals surface area contributed by atoms with Crippen molar-refractivity contribution in [1.82, 2.24) is 9.80 Å². The van der Waals surface area contributed by atoms with E-state index in [1.165, 1.54) is 9.80 Å². The molecule has 2 N–H and O–H groups in total. The molecule has 4 aliphatic carbocycles. The highest BCUT2D eigenvalue weighted by Gasteiger charge is 2.44. The van der Waals surface area contributed by atoms with Crippen LogP contribution in [-0.4, -0.2) is 71.0 Å². The molecule has 0 saturated carbocycles. The first kappa shape index (κ1) is 20.1. The molecular weight excluding hydrogens is 388 g/mol. The van der Waals surface area contributed by atoms with E-state index in [-0.39, 0.29) is 59.7 Å². The number of hydrogen-bond donors (Lipinski definition) is 2. The van der Waals surface area contributed by atoms with Gasteiger partial charge in [-0.25, -0.2) is 9.59 Å². The van der Waals surface area contributed by atoms with Gasteiger partial charge >= 0.3 is 11.9 Å². The molecule has 0 aromatic carbocycles. The Labute approximate surface area is 173 Å². The van der Waals surface area contributed by atoms with Crippen LogP contribution in [0, 0.1) is 23.7 Å². The van der Waals surface area contributed by atoms with Crippen molar-refractivity contribution in [3.63, 3.8) is 0 Å². The van der Waals surface area contributed by atoms with Crippen molar-refractivity contribution in [3.8, 4) is 0 Å². The SMILES string of the molecule is CN(CCN(C)C(=O)C1=C(C(=O)O)C2C=CC1C2)C(=O)C1=C(C(=O)O)C2C=CC1C2. The van der Waals surface area contributed by atoms with Gasteiger partial charge in [-0.3, -0.25) is 9.59 Å². The molecule has 4 unspecified atom stereocenters. The summed E-state index contributed by atoms with van der Waals surface area (Å²) in [5.74, 6) is -3.55. The summed E-state index contributed by atoms with van der Waals surface area (Å²) in [6, 6.07) is 0. The average Bonchev–Trinajstić information content (AvgIpc) is 3.49. The highest BCUT2D eigenvalue weighted by atomic mass is 16.4. The van der Waals surface area contributed by atoms with Crippen LogP contribution < -0.4 is 0 Å². The summed E-state index contributed by atoms with van der Waals surface area (Å²) in [7, 11) is 3.18. The van der Waals surface area contributed by atoms with Crippen molar-refractivity contribution in [2.45, 2.75) is 12.8 Å². The zero-order valence-corrected chi connectivity index (χ0v) is 16.9. The molecule has 30 heavy (non-hydrogen) atoms. The fraction of sp³-hybridized carbons (Fsp3) is 0.455. The van der Waals surface area contributed by atoms with Gasteiger partial charge < -0.3 is 20.0 Å². The summed E-state index contributed by atoms with van der Waals surface area (Å²) in [6.45, 7) is 0.441. The van der Waals surface area contributed by atoms with E-state index >= 15 is 0 Å². The van der Waals surface area contributed by atoms with Crippen LogP contribution >= 0.6 is 0 Å². The third kappa shape index (κ3) is 3.07. The highest BCUT2D eigenvalue weighted by Crippen LogP contribution is 2.45. The predicted molar refractivity (Wildman–Crippen MR) is 106 cm³/mol. The van der Waals surface area contributed by atoms with Gasteiger partial charge in [0.1, 0.15) is 0 Å². The van der Waals surface area contributed by atoms with Crippen molar-refractivity contribution in [3.05, 3.63) is 46.6 Å². The molecule has 0 heterocycles. The minimum Gasteiger partial charge on any atom is -0.478 e. The minimum absolute atomic E-state index is 0.167. The molecule has 2 amide bonds. The van der Waals surface area contributed by atoms with E-state index < -0.39 is 11.9 Å². The Morgan fingerprint density at radius 3 is 1.30 bits per heavy atom. The van der Waals surface area contributed by atoms with Gasteiger partial charge in [-0.1, -0.05) is 24.3 Å². The lowest BCUT2D eigenvalue weighted by Gasteiger charge is -2.26. The molecule has 158 valence electrons. The molecule has 4 rings (SSSR count). The van der Waals surface area contributed by atoms with Crippen molar-refractivity contribution in [2.24, 2.45) is 23.7 Å². The molecule has 0 saturated heterocycles. The number of carbonyl (C=O) groups is 4. The van der Waals surface area contributed by atoms with E-state index in [1.807, 2.05) is 24.3 Å². The molecule has 0 fully saturated rings. The minimum atomic E-state index is -1.06. The predicted octanol–water partition coefficient (Wildman–Crippen LogP) is 1.08. The second-order valence-electron chi connectivity index (χ2n) is 8.39. The standard InChI is InChI=1S/C22H24N2O6/c1-23(19(25)15-11-3-5-13(9-11)17(15)21(27)28)7-8-24(2)20(26)16-12-4-6-14(10-12)18(16)22(29)30/h3-6,11-14H,7-10H2,1-2H3,(H,27,28)(H,29,30). The maximum Gasteiger partial charge on any atom is 0.332 e. The number of rotatable bonds is 7. The van der Waals surface area contributed by atoms with Crippen molar-refractivity contribution >= 4 is 23.8 Å². The zero-order chi connectivity index (χ0) is 21.7. The van der Waals surface area contributed by atoms with Gasteiger partial charge in [-0.15, -0.1) is 0 Å². The topological polar surface area (TPSA) is 115 Å². The van der Waals surface area contributed by atoms with Crippen LogP contribution in [-0.2, 0) is 19.2 Å². The summed E-state index contributed by atoms with van der Waals surface area (Å²) >= 11 is 0. The number of carboxylic acids is 2. The van der Waals surface area contributed by atoms with Gasteiger partial charge in [0.2, 0.25) is 0 Å². The molecule has 0 aliphatic heterocycles. The lowest BCUT2D eigenvalue weighted by Crippen LogP contribution is -2.40. The number of hydrogen-bond acceptors (Lipinski definition) is 4. The van der Waals surface area contributed by atoms with Gasteiger partial charge in [-0.05, 0) is 12.8 Å². The van der Waals surface area contributed by atoms with Crippen LogP contribution in [0.25, 0.3) is 0 Å². The van der Waals surface area contributed by atoms with E-state index in [0.29, 0.717) is 24.0 Å². The fourth-order valence-electron chi connectivity index (χ4n) is 5.06. The van der Waals surface area contributed by atoms with E-state index in [2.05, 4.69) is 0 Å². The fourth-order valence-corrected chi connectivity index (χ4v) is 5.06. The molecule has 0 aromatic rings. The van der Waals surface area contributed by atoms with Crippen LogP contribution in [0.15, 0.2) is 46.6 Å². The summed E-state index contributed by atoms with van der Waals surface area (Å²) in [4.78, 5) is 51.9. The van der Waals surface area contributed by atoms with Crippen LogP contribution in [0.5, 0.6) is 0 Å². The number of fused-ring (bicyclic) bond motifs is 4. The van der Waals surface area contributed by atoms with E-state index in [1.54, 1.807) is 14.1 Å². The molecular formula is C22H24N2O6. The number of amides is 2. The van der Waals surface area contributed by atoms with Crippen molar-refractivity contribution in [1.29, 1.82) is 0 Å². The first-order valence-electron chi connectivity index (χ1n) is 10.0. The number of likely N-dealkylation sites (N-methyl/N-ethyl adjacent to an activating group) is 2. The highest BCUT2D eigenvalue weighted by molar-refractivity contribution is 6.05. The Hall–Kier alpha value is -3.16. The Morgan fingerprint density at radius 1 is 0.700 bits per heavy atom. The molecule has 4 bridgehead atoms. The Balaban J connectivity index is 1.42. The maximum atomic E-state index is 12.9. The Bertz CT molecular complexity index is 894. The number of aliphatic carboxylic acids is 2. The molecule has 8 nitrogen and oxygen atoms in total. The number of carbonyl (C=O) groups excluding carboxylic acids is 2. The molecule has 8 heteroatoms. The van der Waals surface area contributed by atoms with E-state index in [0.717, 1.165) is 0 Å². The van der Waals surface area contributed by atoms with Gasteiger partial charge in [0.05, 0.1) is 11.1 Å². The van der Waals surface area contributed by atoms with E-state index in [4.69, 9.17) is 0 Å². The zero-order valence-electron chi connectivity index (χ0n) is 16.9. The molecule has 0 radical (unpaired) electrons. The summed E-state index contributed by atoms with van der Waals surface area (Å²) < 4.78 is 0. The normalized spacial score (nSPS) is 27.9. The van der Waals surface area contributed by atoms with Crippen LogP contribution in [0.4, 0.5) is 0 Å². The van der Waals surface area contributed by atoms with Gasteiger partial charge in [0, 0.05) is 62.0 Å². The summed E-state index contributed by atoms with van der Waals surface area (Å²) in [6.07, 6.45) is 8.70. The first-order chi connectivity index (χ1) is 14.2. The van der Waals surface area contributed by atoms with Gasteiger partial charge in [0.15, 0.2) is 0 Å². The van der Waals surface area contributed by atoms with Crippen molar-refractivity contribution < 1.29 is 29.4 Å². The third-order valence-electron chi connectivity index (χ3n) is 6.62. The van der Waals surface area contributed by atoms with Gasteiger partial charge in [0.25, 0.3) is 11.8 Å².